The first kappa shape index (κ1) is 18.6. The van der Waals surface area contributed by atoms with E-state index in [1.807, 2.05) is 6.92 Å². The molecule has 126 valence electrons. The van der Waals surface area contributed by atoms with Crippen LogP contribution < -0.4 is 0 Å². The highest BCUT2D eigenvalue weighted by atomic mass is 16.5. The Morgan fingerprint density at radius 1 is 1.32 bits per heavy atom. The number of carbonyl (C=O) groups is 2. The molecular formula is C16H27NO5. The van der Waals surface area contributed by atoms with Gasteiger partial charge in [-0.1, -0.05) is 6.92 Å². The van der Waals surface area contributed by atoms with Crippen molar-refractivity contribution in [3.8, 4) is 0 Å². The van der Waals surface area contributed by atoms with Crippen LogP contribution in [0.4, 0.5) is 0 Å². The van der Waals surface area contributed by atoms with Crippen molar-refractivity contribution in [1.29, 1.82) is 0 Å². The average molecular weight is 313 g/mol. The summed E-state index contributed by atoms with van der Waals surface area (Å²) < 4.78 is 10.5. The van der Waals surface area contributed by atoms with Gasteiger partial charge in [0, 0.05) is 24.7 Å². The van der Waals surface area contributed by atoms with E-state index in [-0.39, 0.29) is 11.7 Å². The lowest BCUT2D eigenvalue weighted by Gasteiger charge is -2.26. The van der Waals surface area contributed by atoms with Gasteiger partial charge in [-0.2, -0.15) is 0 Å². The van der Waals surface area contributed by atoms with Gasteiger partial charge in [-0.3, -0.25) is 4.90 Å². The molecule has 1 atom stereocenters. The molecule has 1 saturated heterocycles. The zero-order valence-electron chi connectivity index (χ0n) is 13.5. The minimum atomic E-state index is -1.11. The van der Waals surface area contributed by atoms with E-state index in [2.05, 4.69) is 4.90 Å². The molecule has 1 N–H and O–H groups in total. The highest BCUT2D eigenvalue weighted by molar-refractivity contribution is 5.95. The predicted octanol–water partition coefficient (Wildman–Crippen LogP) is 1.84. The summed E-state index contributed by atoms with van der Waals surface area (Å²) in [6.45, 7) is 8.08. The third-order valence-corrected chi connectivity index (χ3v) is 3.72. The molecule has 6 nitrogen and oxygen atoms in total. The summed E-state index contributed by atoms with van der Waals surface area (Å²) in [7, 11) is 0. The number of carboxylic acid groups (broad SMARTS) is 1. The van der Waals surface area contributed by atoms with Crippen LogP contribution in [0, 0.1) is 0 Å². The van der Waals surface area contributed by atoms with Gasteiger partial charge < -0.3 is 14.6 Å². The van der Waals surface area contributed by atoms with Crippen LogP contribution in [0.3, 0.4) is 0 Å². The maximum Gasteiger partial charge on any atom is 0.334 e. The molecule has 1 unspecified atom stereocenters. The van der Waals surface area contributed by atoms with Crippen molar-refractivity contribution < 1.29 is 24.2 Å². The van der Waals surface area contributed by atoms with E-state index in [4.69, 9.17) is 14.6 Å². The minimum Gasteiger partial charge on any atom is -0.478 e. The number of hydrogen-bond donors (Lipinski definition) is 1. The molecule has 0 aromatic heterocycles. The quantitative estimate of drug-likeness (QED) is 0.398. The molecule has 0 bridgehead atoms. The summed E-state index contributed by atoms with van der Waals surface area (Å²) >= 11 is 0. The lowest BCUT2D eigenvalue weighted by Crippen LogP contribution is -2.36. The van der Waals surface area contributed by atoms with Crippen LogP contribution in [0.1, 0.15) is 39.5 Å². The Hall–Kier alpha value is -1.40. The zero-order valence-corrected chi connectivity index (χ0v) is 13.5. The van der Waals surface area contributed by atoms with E-state index < -0.39 is 11.9 Å². The Kier molecular flexibility index (Phi) is 8.77. The largest absolute Gasteiger partial charge is 0.478 e. The predicted molar refractivity (Wildman–Crippen MR) is 82.7 cm³/mol. The fourth-order valence-electron chi connectivity index (χ4n) is 2.20. The van der Waals surface area contributed by atoms with Crippen molar-refractivity contribution in [3.63, 3.8) is 0 Å². The second-order valence-electron chi connectivity index (χ2n) is 5.54. The highest BCUT2D eigenvalue weighted by Gasteiger charge is 2.16. The fraction of sp³-hybridized carbons (Fsp3) is 0.750. The summed E-state index contributed by atoms with van der Waals surface area (Å²) in [5.41, 5.74) is 0.245. The van der Waals surface area contributed by atoms with E-state index >= 15 is 0 Å². The van der Waals surface area contributed by atoms with Crippen molar-refractivity contribution >= 4 is 11.9 Å². The van der Waals surface area contributed by atoms with Gasteiger partial charge in [-0.15, -0.1) is 0 Å². The molecular weight excluding hydrogens is 286 g/mol. The van der Waals surface area contributed by atoms with Crippen LogP contribution in [0.15, 0.2) is 11.6 Å². The van der Waals surface area contributed by atoms with Crippen LogP contribution in [0.25, 0.3) is 0 Å². The molecule has 0 aromatic carbocycles. The van der Waals surface area contributed by atoms with Crippen molar-refractivity contribution in [2.75, 3.05) is 32.8 Å². The number of rotatable bonds is 9. The second-order valence-corrected chi connectivity index (χ2v) is 5.54. The number of aliphatic carboxylic acids is 1. The smallest absolute Gasteiger partial charge is 0.334 e. The Labute approximate surface area is 132 Å². The number of unbranched alkanes of at least 4 members (excludes halogenated alkanes) is 1. The molecule has 1 fully saturated rings. The van der Waals surface area contributed by atoms with Crippen LogP contribution in [0.5, 0.6) is 0 Å². The van der Waals surface area contributed by atoms with E-state index in [0.717, 1.165) is 51.8 Å². The highest BCUT2D eigenvalue weighted by Crippen LogP contribution is 2.13. The third kappa shape index (κ3) is 7.56. The van der Waals surface area contributed by atoms with E-state index in [1.165, 1.54) is 0 Å². The Balaban J connectivity index is 2.38. The molecule has 1 heterocycles. The van der Waals surface area contributed by atoms with Gasteiger partial charge in [0.2, 0.25) is 0 Å². The molecule has 0 aromatic rings. The van der Waals surface area contributed by atoms with Crippen molar-refractivity contribution in [2.45, 2.75) is 45.6 Å². The first-order valence-corrected chi connectivity index (χ1v) is 7.97. The van der Waals surface area contributed by atoms with E-state index in [0.29, 0.717) is 12.8 Å². The molecule has 1 aliphatic rings. The summed E-state index contributed by atoms with van der Waals surface area (Å²) in [6, 6.07) is 0. The van der Waals surface area contributed by atoms with Gasteiger partial charge in [0.15, 0.2) is 0 Å². The molecule has 1 rings (SSSR count). The minimum absolute atomic E-state index is 0.196. The number of ether oxygens (including phenoxy) is 2. The number of hydrogen-bond acceptors (Lipinski definition) is 5. The Bertz CT molecular complexity index is 388. The fourth-order valence-corrected chi connectivity index (χ4v) is 2.20. The summed E-state index contributed by atoms with van der Waals surface area (Å²) in [5, 5.41) is 8.88. The lowest BCUT2D eigenvalue weighted by molar-refractivity contribution is -0.144. The SMILES string of the molecule is CCC(C)OC(=O)/C(=C/C(=O)O)CCCCN1CCOCC1. The van der Waals surface area contributed by atoms with Crippen molar-refractivity contribution in [2.24, 2.45) is 0 Å². The third-order valence-electron chi connectivity index (χ3n) is 3.72. The number of carbonyl (C=O) groups excluding carboxylic acids is 1. The Morgan fingerprint density at radius 3 is 2.59 bits per heavy atom. The number of esters is 1. The van der Waals surface area contributed by atoms with Crippen LogP contribution in [-0.4, -0.2) is 60.9 Å². The van der Waals surface area contributed by atoms with Gasteiger partial charge in [0.05, 0.1) is 19.3 Å². The number of carboxylic acids is 1. The van der Waals surface area contributed by atoms with Gasteiger partial charge in [-0.25, -0.2) is 9.59 Å². The van der Waals surface area contributed by atoms with Crippen LogP contribution in [0.2, 0.25) is 0 Å². The summed E-state index contributed by atoms with van der Waals surface area (Å²) in [6.07, 6.45) is 3.62. The van der Waals surface area contributed by atoms with Crippen LogP contribution in [-0.2, 0) is 19.1 Å². The average Bonchev–Trinajstić information content (AvgIpc) is 2.50. The number of morpholine rings is 1. The first-order valence-electron chi connectivity index (χ1n) is 7.97. The molecule has 0 spiro atoms. The van der Waals surface area contributed by atoms with Gasteiger partial charge in [0.25, 0.3) is 0 Å². The standard InChI is InChI=1S/C16H27NO5/c1-3-13(2)22-16(20)14(12-15(18)19)6-4-5-7-17-8-10-21-11-9-17/h12-13H,3-11H2,1-2H3,(H,18,19)/b14-12+. The molecule has 0 radical (unpaired) electrons. The molecule has 6 heteroatoms. The van der Waals surface area contributed by atoms with Crippen molar-refractivity contribution in [1.82, 2.24) is 4.90 Å². The zero-order chi connectivity index (χ0) is 16.4. The maximum atomic E-state index is 12.0. The molecule has 0 aliphatic carbocycles. The monoisotopic (exact) mass is 313 g/mol. The van der Waals surface area contributed by atoms with E-state index in [9.17, 15) is 9.59 Å². The van der Waals surface area contributed by atoms with Gasteiger partial charge in [0.1, 0.15) is 0 Å². The van der Waals surface area contributed by atoms with Gasteiger partial charge in [-0.05, 0) is 39.2 Å². The Morgan fingerprint density at radius 2 is 2.00 bits per heavy atom. The van der Waals surface area contributed by atoms with Gasteiger partial charge >= 0.3 is 11.9 Å². The summed E-state index contributed by atoms with van der Waals surface area (Å²) in [5.74, 6) is -1.62. The van der Waals surface area contributed by atoms with Crippen molar-refractivity contribution in [3.05, 3.63) is 11.6 Å². The molecule has 0 saturated carbocycles. The van der Waals surface area contributed by atoms with E-state index in [1.54, 1.807) is 6.92 Å². The molecule has 1 aliphatic heterocycles. The number of nitrogens with zero attached hydrogens (tertiary/aromatic N) is 1. The first-order chi connectivity index (χ1) is 10.5. The van der Waals surface area contributed by atoms with Crippen LogP contribution >= 0.6 is 0 Å². The normalized spacial score (nSPS) is 18.0. The second kappa shape index (κ2) is 10.3. The lowest BCUT2D eigenvalue weighted by atomic mass is 10.1. The maximum absolute atomic E-state index is 12.0. The topological polar surface area (TPSA) is 76.1 Å². The molecule has 22 heavy (non-hydrogen) atoms. The summed E-state index contributed by atoms with van der Waals surface area (Å²) in [4.78, 5) is 25.1. The molecule has 0 amide bonds.